The van der Waals surface area contributed by atoms with Gasteiger partial charge in [0.15, 0.2) is 5.96 Å². The third-order valence-corrected chi connectivity index (χ3v) is 5.99. The van der Waals surface area contributed by atoms with E-state index in [2.05, 4.69) is 29.0 Å². The summed E-state index contributed by atoms with van der Waals surface area (Å²) in [6.07, 6.45) is 3.57. The van der Waals surface area contributed by atoms with Crippen LogP contribution in [0.3, 0.4) is 0 Å². The molecule has 2 saturated heterocycles. The van der Waals surface area contributed by atoms with Gasteiger partial charge in [0.05, 0.1) is 12.6 Å². The van der Waals surface area contributed by atoms with Crippen LogP contribution in [0.5, 0.6) is 0 Å². The van der Waals surface area contributed by atoms with Crippen LogP contribution in [0.4, 0.5) is 4.79 Å². The summed E-state index contributed by atoms with van der Waals surface area (Å²) < 4.78 is 5.52. The van der Waals surface area contributed by atoms with Crippen LogP contribution in [-0.4, -0.2) is 90.8 Å². The number of rotatable bonds is 5. The lowest BCUT2D eigenvalue weighted by Gasteiger charge is -2.39. The first kappa shape index (κ1) is 22.2. The summed E-state index contributed by atoms with van der Waals surface area (Å²) in [5.74, 6) is 2.68. The van der Waals surface area contributed by atoms with Crippen molar-refractivity contribution in [2.24, 2.45) is 16.8 Å². The molecule has 3 aliphatic heterocycles. The fourth-order valence-electron chi connectivity index (χ4n) is 4.86. The van der Waals surface area contributed by atoms with Gasteiger partial charge in [0, 0.05) is 39.3 Å². The second kappa shape index (κ2) is 9.54. The van der Waals surface area contributed by atoms with Gasteiger partial charge in [-0.3, -0.25) is 4.99 Å². The van der Waals surface area contributed by atoms with E-state index < -0.39 is 5.60 Å². The number of hydrogen-bond donors (Lipinski definition) is 1. The van der Waals surface area contributed by atoms with E-state index in [4.69, 9.17) is 9.73 Å². The van der Waals surface area contributed by atoms with E-state index in [-0.39, 0.29) is 12.1 Å². The molecule has 0 aromatic carbocycles. The molecule has 1 N–H and O–H groups in total. The van der Waals surface area contributed by atoms with Crippen molar-refractivity contribution in [1.82, 2.24) is 20.0 Å². The Morgan fingerprint density at radius 3 is 2.55 bits per heavy atom. The molecule has 3 aliphatic rings. The maximum absolute atomic E-state index is 12.3. The molecule has 0 saturated carbocycles. The van der Waals surface area contributed by atoms with E-state index in [0.717, 1.165) is 37.4 Å². The molecule has 0 bridgehead atoms. The van der Waals surface area contributed by atoms with Crippen LogP contribution in [0.25, 0.3) is 0 Å². The maximum Gasteiger partial charge on any atom is 0.410 e. The number of hydrogen-bond acceptors (Lipinski definition) is 6. The summed E-state index contributed by atoms with van der Waals surface area (Å²) in [7, 11) is 0. The first-order valence-corrected chi connectivity index (χ1v) is 11.5. The Morgan fingerprint density at radius 1 is 1.14 bits per heavy atom. The molecule has 2 fully saturated rings. The summed E-state index contributed by atoms with van der Waals surface area (Å²) in [4.78, 5) is 23.8. The smallest absolute Gasteiger partial charge is 0.410 e. The molecule has 0 spiro atoms. The Labute approximate surface area is 176 Å². The lowest BCUT2D eigenvalue weighted by molar-refractivity contribution is 0.0137. The second-order valence-electron chi connectivity index (χ2n) is 10.3. The molecule has 29 heavy (non-hydrogen) atoms. The average molecular weight is 408 g/mol. The molecule has 3 heterocycles. The van der Waals surface area contributed by atoms with Crippen molar-refractivity contribution in [1.29, 1.82) is 0 Å². The number of amides is 1. The molecule has 1 amide bonds. The number of ether oxygens (including phenoxy) is 1. The molecule has 0 aromatic rings. The predicted octanol–water partition coefficient (Wildman–Crippen LogP) is 2.63. The van der Waals surface area contributed by atoms with Gasteiger partial charge < -0.3 is 24.8 Å². The van der Waals surface area contributed by atoms with Crippen molar-refractivity contribution in [3.8, 4) is 0 Å². The highest BCUT2D eigenvalue weighted by molar-refractivity contribution is 5.82. The first-order chi connectivity index (χ1) is 13.7. The van der Waals surface area contributed by atoms with E-state index >= 15 is 0 Å². The molecule has 3 unspecified atom stereocenters. The van der Waals surface area contributed by atoms with Crippen molar-refractivity contribution in [2.75, 3.05) is 52.4 Å². The van der Waals surface area contributed by atoms with E-state index in [1.165, 1.54) is 38.9 Å². The largest absolute Gasteiger partial charge is 0.444 e. The number of fused-ring (bicyclic) bond motifs is 1. The highest BCUT2D eigenvalue weighted by Crippen LogP contribution is 2.21. The molecular formula is C22H41N5O2. The van der Waals surface area contributed by atoms with Gasteiger partial charge in [-0.1, -0.05) is 13.8 Å². The van der Waals surface area contributed by atoms with Crippen LogP contribution >= 0.6 is 0 Å². The molecule has 7 nitrogen and oxygen atoms in total. The number of piperazine rings is 1. The van der Waals surface area contributed by atoms with E-state index in [0.29, 0.717) is 13.1 Å². The van der Waals surface area contributed by atoms with Gasteiger partial charge in [0.1, 0.15) is 5.60 Å². The molecule has 7 heteroatoms. The highest BCUT2D eigenvalue weighted by atomic mass is 16.6. The third-order valence-electron chi connectivity index (χ3n) is 5.99. The van der Waals surface area contributed by atoms with Crippen molar-refractivity contribution in [2.45, 2.75) is 65.5 Å². The molecule has 0 aliphatic carbocycles. The fraction of sp³-hybridized carbons (Fsp3) is 0.909. The Bertz CT molecular complexity index is 578. The summed E-state index contributed by atoms with van der Waals surface area (Å²) in [6.45, 7) is 18.1. The minimum Gasteiger partial charge on any atom is -0.444 e. The van der Waals surface area contributed by atoms with E-state index in [9.17, 15) is 4.79 Å². The SMILES string of the molecule is CC1CC(C)CN(CCCCNC2=NCC3CN(C(=O)OC(C)(C)C)CCN23)C1. The lowest BCUT2D eigenvalue weighted by Crippen LogP contribution is -2.57. The number of likely N-dealkylation sites (tertiary alicyclic amines) is 1. The van der Waals surface area contributed by atoms with Crippen molar-refractivity contribution in [3.63, 3.8) is 0 Å². The van der Waals surface area contributed by atoms with E-state index in [1.807, 2.05) is 25.7 Å². The molecule has 3 atom stereocenters. The van der Waals surface area contributed by atoms with Crippen LogP contribution in [0.1, 0.15) is 53.9 Å². The molecular weight excluding hydrogens is 366 g/mol. The number of nitrogens with zero attached hydrogens (tertiary/aromatic N) is 4. The Balaban J connectivity index is 1.33. The maximum atomic E-state index is 12.3. The monoisotopic (exact) mass is 407 g/mol. The normalized spacial score (nSPS) is 28.2. The number of unbranched alkanes of at least 4 members (excludes halogenated alkanes) is 1. The lowest BCUT2D eigenvalue weighted by atomic mass is 9.92. The number of piperidine rings is 1. The summed E-state index contributed by atoms with van der Waals surface area (Å²) in [5.41, 5.74) is -0.447. The van der Waals surface area contributed by atoms with E-state index in [1.54, 1.807) is 0 Å². The molecule has 0 radical (unpaired) electrons. The van der Waals surface area contributed by atoms with Crippen molar-refractivity contribution >= 4 is 12.1 Å². The second-order valence-corrected chi connectivity index (χ2v) is 10.3. The standard InChI is InChI=1S/C22H41N5O2/c1-17-12-18(2)15-25(14-17)9-7-6-8-23-20-24-13-19-16-26(10-11-27(19)20)21(28)29-22(3,4)5/h17-19H,6-16H2,1-5H3,(H,23,24). The number of carbonyl (C=O) groups excluding carboxylic acids is 1. The van der Waals surface area contributed by atoms with Crippen molar-refractivity contribution < 1.29 is 9.53 Å². The Kier molecular flexibility index (Phi) is 7.30. The average Bonchev–Trinajstić information content (AvgIpc) is 3.01. The summed E-state index contributed by atoms with van der Waals surface area (Å²) in [5, 5.41) is 3.54. The summed E-state index contributed by atoms with van der Waals surface area (Å²) >= 11 is 0. The van der Waals surface area contributed by atoms with Gasteiger partial charge in [-0.15, -0.1) is 0 Å². The minimum absolute atomic E-state index is 0.208. The van der Waals surface area contributed by atoms with Gasteiger partial charge in [0.2, 0.25) is 0 Å². The number of nitrogens with one attached hydrogen (secondary N) is 1. The van der Waals surface area contributed by atoms with Crippen LogP contribution in [0.2, 0.25) is 0 Å². The van der Waals surface area contributed by atoms with Gasteiger partial charge in [-0.2, -0.15) is 0 Å². The van der Waals surface area contributed by atoms with Gasteiger partial charge >= 0.3 is 6.09 Å². The highest BCUT2D eigenvalue weighted by Gasteiger charge is 2.36. The fourth-order valence-corrected chi connectivity index (χ4v) is 4.86. The third kappa shape index (κ3) is 6.49. The van der Waals surface area contributed by atoms with Gasteiger partial charge in [0.25, 0.3) is 0 Å². The minimum atomic E-state index is -0.447. The zero-order chi connectivity index (χ0) is 21.0. The molecule has 3 rings (SSSR count). The van der Waals surface area contributed by atoms with Gasteiger partial charge in [-0.05, 0) is 58.4 Å². The van der Waals surface area contributed by atoms with Crippen LogP contribution in [0, 0.1) is 11.8 Å². The topological polar surface area (TPSA) is 60.4 Å². The predicted molar refractivity (Wildman–Crippen MR) is 117 cm³/mol. The van der Waals surface area contributed by atoms with Gasteiger partial charge in [-0.25, -0.2) is 4.79 Å². The number of guanidine groups is 1. The van der Waals surface area contributed by atoms with Crippen molar-refractivity contribution in [3.05, 3.63) is 0 Å². The van der Waals surface area contributed by atoms with Crippen LogP contribution in [-0.2, 0) is 4.74 Å². The molecule has 0 aromatic heterocycles. The Morgan fingerprint density at radius 2 is 1.86 bits per heavy atom. The zero-order valence-electron chi connectivity index (χ0n) is 19.1. The summed E-state index contributed by atoms with van der Waals surface area (Å²) in [6, 6.07) is 0.273. The number of carbonyl (C=O) groups is 1. The molecule has 166 valence electrons. The Hall–Kier alpha value is -1.50. The van der Waals surface area contributed by atoms with Crippen LogP contribution < -0.4 is 5.32 Å². The van der Waals surface area contributed by atoms with Crippen LogP contribution in [0.15, 0.2) is 4.99 Å². The zero-order valence-corrected chi connectivity index (χ0v) is 19.1. The number of aliphatic imine (C=N–C) groups is 1. The first-order valence-electron chi connectivity index (χ1n) is 11.5. The quantitative estimate of drug-likeness (QED) is 0.710.